The van der Waals surface area contributed by atoms with E-state index in [4.69, 9.17) is 10.2 Å². The minimum Gasteiger partial charge on any atom is -0.480 e. The molecule has 1 heterocycles. The van der Waals surface area contributed by atoms with Crippen LogP contribution < -0.4 is 5.32 Å². The standard InChI is InChI=1S/C6H11NO3/c8-5-3-1-2-4(7-5)6(9)10/h4-5,7-8H,1-3H2,(H,9,10)/t4-,5?/m0/s1. The molecule has 1 saturated heterocycles. The van der Waals surface area contributed by atoms with Crippen LogP contribution in [0.25, 0.3) is 0 Å². The molecule has 0 spiro atoms. The summed E-state index contributed by atoms with van der Waals surface area (Å²) in [5.41, 5.74) is 0. The van der Waals surface area contributed by atoms with Crippen LogP contribution in [0.1, 0.15) is 19.3 Å². The molecular formula is C6H11NO3. The molecule has 3 N–H and O–H groups in total. The number of hydrogen-bond donors (Lipinski definition) is 3. The van der Waals surface area contributed by atoms with Crippen molar-refractivity contribution in [2.75, 3.05) is 0 Å². The van der Waals surface area contributed by atoms with E-state index in [0.717, 1.165) is 6.42 Å². The van der Waals surface area contributed by atoms with Gasteiger partial charge < -0.3 is 10.2 Å². The highest BCUT2D eigenvalue weighted by molar-refractivity contribution is 5.73. The number of carboxylic acids is 1. The summed E-state index contributed by atoms with van der Waals surface area (Å²) in [7, 11) is 0. The predicted molar refractivity (Wildman–Crippen MR) is 34.4 cm³/mol. The molecule has 2 atom stereocenters. The first-order chi connectivity index (χ1) is 4.70. The van der Waals surface area contributed by atoms with E-state index in [1.807, 2.05) is 0 Å². The van der Waals surface area contributed by atoms with Crippen LogP contribution in [0.2, 0.25) is 0 Å². The van der Waals surface area contributed by atoms with Gasteiger partial charge in [0.2, 0.25) is 0 Å². The Morgan fingerprint density at radius 1 is 1.50 bits per heavy atom. The van der Waals surface area contributed by atoms with Crippen LogP contribution in [0.3, 0.4) is 0 Å². The number of carboxylic acid groups (broad SMARTS) is 1. The van der Waals surface area contributed by atoms with Crippen LogP contribution in [0.4, 0.5) is 0 Å². The van der Waals surface area contributed by atoms with Gasteiger partial charge in [-0.15, -0.1) is 0 Å². The topological polar surface area (TPSA) is 69.6 Å². The Labute approximate surface area is 58.9 Å². The molecule has 1 aliphatic rings. The smallest absolute Gasteiger partial charge is 0.320 e. The SMILES string of the molecule is O=C(O)[C@@H]1CCCC(O)N1. The van der Waals surface area contributed by atoms with Gasteiger partial charge in [-0.2, -0.15) is 0 Å². The predicted octanol–water partition coefficient (Wildman–Crippen LogP) is -0.469. The Morgan fingerprint density at radius 2 is 2.20 bits per heavy atom. The minimum atomic E-state index is -0.876. The molecule has 4 heteroatoms. The highest BCUT2D eigenvalue weighted by Crippen LogP contribution is 2.10. The van der Waals surface area contributed by atoms with E-state index < -0.39 is 18.2 Å². The van der Waals surface area contributed by atoms with Gasteiger partial charge >= 0.3 is 5.97 Å². The summed E-state index contributed by atoms with van der Waals surface area (Å²) in [6.45, 7) is 0. The maximum atomic E-state index is 10.3. The Balaban J connectivity index is 2.39. The molecule has 0 aromatic rings. The van der Waals surface area contributed by atoms with Crippen molar-refractivity contribution in [2.45, 2.75) is 31.5 Å². The zero-order valence-electron chi connectivity index (χ0n) is 5.58. The van der Waals surface area contributed by atoms with Crippen molar-refractivity contribution in [2.24, 2.45) is 0 Å². The fraction of sp³-hybridized carbons (Fsp3) is 0.833. The second-order valence-electron chi connectivity index (χ2n) is 2.50. The molecule has 0 bridgehead atoms. The lowest BCUT2D eigenvalue weighted by molar-refractivity contribution is -0.141. The third-order valence-corrected chi connectivity index (χ3v) is 1.66. The first-order valence-electron chi connectivity index (χ1n) is 3.37. The Morgan fingerprint density at radius 3 is 2.60 bits per heavy atom. The van der Waals surface area contributed by atoms with Crippen LogP contribution in [0.15, 0.2) is 0 Å². The third-order valence-electron chi connectivity index (χ3n) is 1.66. The van der Waals surface area contributed by atoms with Crippen molar-refractivity contribution in [1.29, 1.82) is 0 Å². The van der Waals surface area contributed by atoms with Crippen molar-refractivity contribution in [1.82, 2.24) is 5.32 Å². The molecule has 0 amide bonds. The molecule has 58 valence electrons. The molecule has 10 heavy (non-hydrogen) atoms. The molecule has 0 radical (unpaired) electrons. The molecule has 1 unspecified atom stereocenters. The number of hydrogen-bond acceptors (Lipinski definition) is 3. The monoisotopic (exact) mass is 145 g/mol. The number of piperidine rings is 1. The fourth-order valence-electron chi connectivity index (χ4n) is 1.11. The summed E-state index contributed by atoms with van der Waals surface area (Å²) >= 11 is 0. The quantitative estimate of drug-likeness (QED) is 0.466. The number of aliphatic hydroxyl groups is 1. The van der Waals surface area contributed by atoms with Gasteiger partial charge in [0.15, 0.2) is 0 Å². The molecule has 1 fully saturated rings. The molecule has 0 saturated carbocycles. The average Bonchev–Trinajstić information content (AvgIpc) is 1.88. The van der Waals surface area contributed by atoms with E-state index in [0.29, 0.717) is 12.8 Å². The lowest BCUT2D eigenvalue weighted by atomic mass is 10.0. The van der Waals surface area contributed by atoms with E-state index in [-0.39, 0.29) is 0 Å². The second kappa shape index (κ2) is 2.98. The summed E-state index contributed by atoms with van der Waals surface area (Å²) < 4.78 is 0. The van der Waals surface area contributed by atoms with Gasteiger partial charge in [-0.25, -0.2) is 0 Å². The van der Waals surface area contributed by atoms with E-state index in [9.17, 15) is 4.79 Å². The van der Waals surface area contributed by atoms with Gasteiger partial charge in [-0.3, -0.25) is 10.1 Å². The fourth-order valence-corrected chi connectivity index (χ4v) is 1.11. The lowest BCUT2D eigenvalue weighted by Crippen LogP contribution is -2.46. The Bertz CT molecular complexity index is 137. The van der Waals surface area contributed by atoms with Gasteiger partial charge in [0.1, 0.15) is 12.3 Å². The van der Waals surface area contributed by atoms with Crippen molar-refractivity contribution >= 4 is 5.97 Å². The Hall–Kier alpha value is -0.610. The number of carbonyl (C=O) groups is 1. The molecule has 1 rings (SSSR count). The number of rotatable bonds is 1. The van der Waals surface area contributed by atoms with Gasteiger partial charge in [0, 0.05) is 0 Å². The van der Waals surface area contributed by atoms with Crippen LogP contribution in [-0.4, -0.2) is 28.5 Å². The highest BCUT2D eigenvalue weighted by Gasteiger charge is 2.23. The van der Waals surface area contributed by atoms with Crippen LogP contribution >= 0.6 is 0 Å². The highest BCUT2D eigenvalue weighted by atomic mass is 16.4. The van der Waals surface area contributed by atoms with Crippen molar-refractivity contribution in [3.8, 4) is 0 Å². The first kappa shape index (κ1) is 7.50. The van der Waals surface area contributed by atoms with Gasteiger partial charge in [-0.1, -0.05) is 0 Å². The maximum absolute atomic E-state index is 10.3. The molecule has 1 aliphatic heterocycles. The van der Waals surface area contributed by atoms with Crippen LogP contribution in [-0.2, 0) is 4.79 Å². The molecule has 4 nitrogen and oxygen atoms in total. The van der Waals surface area contributed by atoms with Crippen LogP contribution in [0, 0.1) is 0 Å². The zero-order valence-corrected chi connectivity index (χ0v) is 5.58. The largest absolute Gasteiger partial charge is 0.480 e. The maximum Gasteiger partial charge on any atom is 0.320 e. The van der Waals surface area contributed by atoms with Crippen molar-refractivity contribution in [3.05, 3.63) is 0 Å². The van der Waals surface area contributed by atoms with Crippen LogP contribution in [0.5, 0.6) is 0 Å². The zero-order chi connectivity index (χ0) is 7.56. The lowest BCUT2D eigenvalue weighted by Gasteiger charge is -2.24. The molecule has 0 aliphatic carbocycles. The van der Waals surface area contributed by atoms with E-state index in [2.05, 4.69) is 5.32 Å². The summed E-state index contributed by atoms with van der Waals surface area (Å²) in [6.07, 6.45) is 1.43. The van der Waals surface area contributed by atoms with Gasteiger partial charge in [0.25, 0.3) is 0 Å². The third kappa shape index (κ3) is 1.68. The van der Waals surface area contributed by atoms with Gasteiger partial charge in [-0.05, 0) is 19.3 Å². The van der Waals surface area contributed by atoms with E-state index in [1.165, 1.54) is 0 Å². The number of aliphatic hydroxyl groups excluding tert-OH is 1. The summed E-state index contributed by atoms with van der Waals surface area (Å²) in [6, 6.07) is -0.552. The normalized spacial score (nSPS) is 33.7. The molecule has 0 aromatic heterocycles. The first-order valence-corrected chi connectivity index (χ1v) is 3.37. The number of nitrogens with one attached hydrogen (secondary N) is 1. The Kier molecular flexibility index (Phi) is 2.24. The van der Waals surface area contributed by atoms with Crippen molar-refractivity contribution in [3.63, 3.8) is 0 Å². The molecular weight excluding hydrogens is 134 g/mol. The average molecular weight is 145 g/mol. The number of aliphatic carboxylic acids is 1. The minimum absolute atomic E-state index is 0.552. The van der Waals surface area contributed by atoms with E-state index in [1.54, 1.807) is 0 Å². The van der Waals surface area contributed by atoms with Crippen molar-refractivity contribution < 1.29 is 15.0 Å². The summed E-state index contributed by atoms with van der Waals surface area (Å²) in [5, 5.41) is 20.0. The van der Waals surface area contributed by atoms with Gasteiger partial charge in [0.05, 0.1) is 0 Å². The summed E-state index contributed by atoms with van der Waals surface area (Å²) in [4.78, 5) is 10.3. The second-order valence-corrected chi connectivity index (χ2v) is 2.50. The molecule has 0 aromatic carbocycles. The summed E-state index contributed by atoms with van der Waals surface area (Å²) in [5.74, 6) is -0.876. The van der Waals surface area contributed by atoms with E-state index >= 15 is 0 Å².